The summed E-state index contributed by atoms with van der Waals surface area (Å²) in [5.74, 6) is 5.15. The molecule has 0 spiro atoms. The fourth-order valence-corrected chi connectivity index (χ4v) is 5.60. The van der Waals surface area contributed by atoms with Crippen molar-refractivity contribution in [3.05, 3.63) is 73.8 Å². The van der Waals surface area contributed by atoms with Crippen LogP contribution in [0, 0.1) is 13.8 Å². The highest BCUT2D eigenvalue weighted by Crippen LogP contribution is 2.41. The Morgan fingerprint density at radius 3 is 2.67 bits per heavy atom. The van der Waals surface area contributed by atoms with Gasteiger partial charge < -0.3 is 35.6 Å². The Hall–Kier alpha value is -4.26. The van der Waals surface area contributed by atoms with Crippen molar-refractivity contribution >= 4 is 22.8 Å². The van der Waals surface area contributed by atoms with Gasteiger partial charge in [-0.2, -0.15) is 0 Å². The van der Waals surface area contributed by atoms with Crippen LogP contribution in [0.1, 0.15) is 52.3 Å². The third-order valence-electron chi connectivity index (χ3n) is 8.16. The largest absolute Gasteiger partial charge is 0.458 e. The van der Waals surface area contributed by atoms with Crippen LogP contribution in [0.5, 0.6) is 0 Å². The first-order valence-corrected chi connectivity index (χ1v) is 13.0. The highest BCUT2D eigenvalue weighted by atomic mass is 16.5. The zero-order chi connectivity index (χ0) is 28.5. The molecule has 0 radical (unpaired) electrons. The van der Waals surface area contributed by atoms with E-state index < -0.39 is 30.1 Å². The number of carbonyl (C=O) groups is 2. The fourth-order valence-electron chi connectivity index (χ4n) is 5.60. The number of aromatic nitrogens is 2. The molecule has 6 rings (SSSR count). The van der Waals surface area contributed by atoms with Gasteiger partial charge in [-0.25, -0.2) is 15.6 Å². The molecule has 7 N–H and O–H groups in total. The van der Waals surface area contributed by atoms with Crippen LogP contribution in [0.2, 0.25) is 0 Å². The maximum Gasteiger partial charge on any atom is 0.340 e. The van der Waals surface area contributed by atoms with Gasteiger partial charge in [-0.15, -0.1) is 0 Å². The predicted octanol–water partition coefficient (Wildman–Crippen LogP) is 0.249. The Labute approximate surface area is 228 Å². The molecule has 1 aromatic carbocycles. The molecular formula is C28H30N6O6. The SMILES string of the molecule is Cc1cc2nc3c(c(CN(N)/C=C(\N)C4(NC(=O)CO)CC4)c2cc1C)Cn1c-3cc2c(c1=O)COC(=O)C2O. The first-order valence-electron chi connectivity index (χ1n) is 13.0. The van der Waals surface area contributed by atoms with E-state index in [-0.39, 0.29) is 36.4 Å². The molecule has 12 heteroatoms. The van der Waals surface area contributed by atoms with Crippen LogP contribution in [-0.2, 0) is 34.0 Å². The van der Waals surface area contributed by atoms with Crippen LogP contribution in [0.15, 0.2) is 34.9 Å². The van der Waals surface area contributed by atoms with Crippen molar-refractivity contribution in [3.8, 4) is 11.4 Å². The van der Waals surface area contributed by atoms with Crippen molar-refractivity contribution in [1.29, 1.82) is 0 Å². The number of benzene rings is 1. The van der Waals surface area contributed by atoms with Crippen LogP contribution in [0.4, 0.5) is 0 Å². The number of hydrogen-bond donors (Lipinski definition) is 5. The number of nitrogens with two attached hydrogens (primary N) is 2. The number of aliphatic hydroxyl groups is 2. The Bertz CT molecular complexity index is 1710. The number of aryl methyl sites for hydroxylation is 2. The number of carbonyl (C=O) groups excluding carboxylic acids is 2. The van der Waals surface area contributed by atoms with Gasteiger partial charge >= 0.3 is 5.97 Å². The Morgan fingerprint density at radius 2 is 1.98 bits per heavy atom. The molecule has 1 saturated carbocycles. The van der Waals surface area contributed by atoms with E-state index in [4.69, 9.17) is 26.4 Å². The maximum absolute atomic E-state index is 13.5. The van der Waals surface area contributed by atoms with Crippen molar-refractivity contribution in [3.63, 3.8) is 0 Å². The third kappa shape index (κ3) is 4.03. The van der Waals surface area contributed by atoms with E-state index in [1.54, 1.807) is 16.8 Å². The van der Waals surface area contributed by atoms with Crippen LogP contribution in [0.25, 0.3) is 22.3 Å². The molecule has 208 valence electrons. The highest BCUT2D eigenvalue weighted by molar-refractivity contribution is 5.89. The molecular weight excluding hydrogens is 516 g/mol. The molecule has 3 aromatic rings. The summed E-state index contributed by atoms with van der Waals surface area (Å²) >= 11 is 0. The standard InChI is InChI=1S/C28H30N6O6/c1-13-5-15-17(8-33(30)10-22(29)28(3-4-28)32-23(36)11-35)18-9-34-21(24(18)31-20(15)6-14(13)2)7-16-19(26(34)38)12-40-27(39)25(16)37/h5-7,10,25,35,37H,3-4,8-9,11-12,29-30H2,1-2H3,(H,32,36)/b22-10-. The first-order chi connectivity index (χ1) is 19.0. The molecule has 4 heterocycles. The van der Waals surface area contributed by atoms with Crippen LogP contribution < -0.4 is 22.5 Å². The number of pyridine rings is 2. The molecule has 2 aromatic heterocycles. The number of fused-ring (bicyclic) bond motifs is 5. The minimum absolute atomic E-state index is 0.198. The molecule has 1 amide bonds. The van der Waals surface area contributed by atoms with Gasteiger partial charge in [-0.1, -0.05) is 0 Å². The summed E-state index contributed by atoms with van der Waals surface area (Å²) in [6.45, 7) is 3.63. The lowest BCUT2D eigenvalue weighted by Crippen LogP contribution is -2.43. The van der Waals surface area contributed by atoms with E-state index in [9.17, 15) is 19.5 Å². The molecule has 1 fully saturated rings. The summed E-state index contributed by atoms with van der Waals surface area (Å²) in [6, 6.07) is 5.68. The number of aliphatic hydroxyl groups excluding tert-OH is 2. The summed E-state index contributed by atoms with van der Waals surface area (Å²) in [6.07, 6.45) is 1.32. The molecule has 0 bridgehead atoms. The minimum atomic E-state index is -1.54. The van der Waals surface area contributed by atoms with Gasteiger partial charge in [0.25, 0.3) is 5.56 Å². The lowest BCUT2D eigenvalue weighted by molar-refractivity contribution is -0.157. The van der Waals surface area contributed by atoms with Crippen molar-refractivity contribution in [1.82, 2.24) is 19.9 Å². The van der Waals surface area contributed by atoms with E-state index in [1.807, 2.05) is 26.0 Å². The first kappa shape index (κ1) is 26.0. The lowest BCUT2D eigenvalue weighted by atomic mass is 9.96. The normalized spacial score (nSPS) is 18.6. The average molecular weight is 547 g/mol. The minimum Gasteiger partial charge on any atom is -0.458 e. The zero-order valence-electron chi connectivity index (χ0n) is 22.2. The van der Waals surface area contributed by atoms with Crippen LogP contribution >= 0.6 is 0 Å². The summed E-state index contributed by atoms with van der Waals surface area (Å²) < 4.78 is 6.58. The van der Waals surface area contributed by atoms with E-state index in [0.29, 0.717) is 29.9 Å². The number of hydrogen-bond acceptors (Lipinski definition) is 10. The highest BCUT2D eigenvalue weighted by Gasteiger charge is 2.46. The van der Waals surface area contributed by atoms with Crippen molar-refractivity contribution in [2.24, 2.45) is 11.6 Å². The molecule has 1 atom stereocenters. The lowest BCUT2D eigenvalue weighted by Gasteiger charge is -2.23. The summed E-state index contributed by atoms with van der Waals surface area (Å²) in [4.78, 5) is 42.2. The van der Waals surface area contributed by atoms with Gasteiger partial charge in [0.1, 0.15) is 13.2 Å². The molecule has 3 aliphatic rings. The Kier molecular flexibility index (Phi) is 5.95. The summed E-state index contributed by atoms with van der Waals surface area (Å²) in [7, 11) is 0. The number of esters is 1. The summed E-state index contributed by atoms with van der Waals surface area (Å²) in [5.41, 5.74) is 11.7. The van der Waals surface area contributed by atoms with E-state index >= 15 is 0 Å². The van der Waals surface area contributed by atoms with Gasteiger partial charge in [0, 0.05) is 22.7 Å². The number of rotatable bonds is 6. The van der Waals surface area contributed by atoms with Crippen molar-refractivity contribution in [2.75, 3.05) is 6.61 Å². The van der Waals surface area contributed by atoms with Crippen molar-refractivity contribution < 1.29 is 24.5 Å². The quantitative estimate of drug-likeness (QED) is 0.127. The molecule has 0 saturated heterocycles. The smallest absolute Gasteiger partial charge is 0.340 e. The Balaban J connectivity index is 1.46. The van der Waals surface area contributed by atoms with E-state index in [0.717, 1.165) is 33.2 Å². The number of ether oxygens (including phenoxy) is 1. The van der Waals surface area contributed by atoms with E-state index in [1.165, 1.54) is 5.01 Å². The van der Waals surface area contributed by atoms with E-state index in [2.05, 4.69) is 5.32 Å². The second-order valence-electron chi connectivity index (χ2n) is 10.8. The van der Waals surface area contributed by atoms with Crippen molar-refractivity contribution in [2.45, 2.75) is 58.0 Å². The number of amides is 1. The number of hydrazine groups is 1. The maximum atomic E-state index is 13.5. The topological polar surface area (TPSA) is 186 Å². The number of cyclic esters (lactones) is 1. The second kappa shape index (κ2) is 9.15. The summed E-state index contributed by atoms with van der Waals surface area (Å²) in [5, 5.41) is 24.7. The molecule has 40 heavy (non-hydrogen) atoms. The van der Waals surface area contributed by atoms with Gasteiger partial charge in [-0.3, -0.25) is 9.59 Å². The van der Waals surface area contributed by atoms with Gasteiger partial charge in [-0.05, 0) is 61.6 Å². The molecule has 1 aliphatic carbocycles. The van der Waals surface area contributed by atoms with Gasteiger partial charge in [0.15, 0.2) is 6.10 Å². The second-order valence-corrected chi connectivity index (χ2v) is 10.8. The molecule has 2 aliphatic heterocycles. The van der Waals surface area contributed by atoms with Crippen LogP contribution in [-0.4, -0.2) is 48.8 Å². The molecule has 1 unspecified atom stereocenters. The Morgan fingerprint density at radius 1 is 1.25 bits per heavy atom. The third-order valence-corrected chi connectivity index (χ3v) is 8.16. The van der Waals surface area contributed by atoms with Crippen LogP contribution in [0.3, 0.4) is 0 Å². The predicted molar refractivity (Wildman–Crippen MR) is 144 cm³/mol. The fraction of sp³-hybridized carbons (Fsp3) is 0.357. The monoisotopic (exact) mass is 546 g/mol. The van der Waals surface area contributed by atoms with Gasteiger partial charge in [0.2, 0.25) is 5.91 Å². The number of nitrogens with one attached hydrogen (secondary N) is 1. The van der Waals surface area contributed by atoms with Gasteiger partial charge in [0.05, 0.1) is 46.8 Å². The average Bonchev–Trinajstić information content (AvgIpc) is 3.61. The number of nitrogens with zero attached hydrogens (tertiary/aromatic N) is 3. The zero-order valence-corrected chi connectivity index (χ0v) is 22.2. The molecule has 12 nitrogen and oxygen atoms in total.